The lowest BCUT2D eigenvalue weighted by Gasteiger charge is -2.26. The maximum atomic E-state index is 13.6. The number of pyridine rings is 1. The van der Waals surface area contributed by atoms with E-state index in [1.165, 1.54) is 39.6 Å². The Morgan fingerprint density at radius 2 is 1.76 bits per heavy atom. The molecule has 45 heavy (non-hydrogen) atoms. The summed E-state index contributed by atoms with van der Waals surface area (Å²) in [6.07, 6.45) is -2.01. The van der Waals surface area contributed by atoms with Crippen LogP contribution < -0.4 is 19.5 Å². The molecule has 1 aromatic carbocycles. The number of alkyl halides is 3. The Hall–Kier alpha value is -4.96. The summed E-state index contributed by atoms with van der Waals surface area (Å²) in [5.41, 5.74) is -0.346. The number of methoxy groups -OCH3 is 2. The van der Waals surface area contributed by atoms with E-state index in [0.29, 0.717) is 36.9 Å². The molecule has 0 amide bonds. The number of aryl methyl sites for hydroxylation is 1. The highest BCUT2D eigenvalue weighted by Crippen LogP contribution is 2.34. The van der Waals surface area contributed by atoms with Gasteiger partial charge in [0.05, 0.1) is 27.4 Å². The fraction of sp³-hybridized carbons (Fsp3) is 0.345. The van der Waals surface area contributed by atoms with Crippen LogP contribution >= 0.6 is 0 Å². The number of aromatic carboxylic acids is 1. The molecule has 5 rings (SSSR count). The van der Waals surface area contributed by atoms with E-state index in [4.69, 9.17) is 18.9 Å². The number of rotatable bonds is 11. The number of nitrogens with one attached hydrogen (secondary N) is 1. The molecule has 0 radical (unpaired) electrons. The zero-order valence-corrected chi connectivity index (χ0v) is 24.6. The molecule has 1 saturated heterocycles. The third kappa shape index (κ3) is 7.41. The smallest absolute Gasteiger partial charge is 0.435 e. The lowest BCUT2D eigenvalue weighted by Crippen LogP contribution is -2.38. The summed E-state index contributed by atoms with van der Waals surface area (Å²) in [6, 6.07) is 7.17. The molecule has 0 unspecified atom stereocenters. The zero-order chi connectivity index (χ0) is 32.1. The number of carboxylic acids is 1. The number of carboxylic acid groups (broad SMARTS) is 1. The SMILES string of the molecule is COc1cc(Nc2ncc(-c3cnc(OCCN4CCOCC4)c(C(=O)O)c3)c(-n3nc(C(F)(F)F)cc3C)n2)cc(OC)c1. The van der Waals surface area contributed by atoms with Gasteiger partial charge in [0.1, 0.15) is 23.7 Å². The summed E-state index contributed by atoms with van der Waals surface area (Å²) in [6.45, 7) is 4.90. The van der Waals surface area contributed by atoms with Crippen molar-refractivity contribution in [3.05, 3.63) is 59.7 Å². The Morgan fingerprint density at radius 1 is 1.04 bits per heavy atom. The van der Waals surface area contributed by atoms with Crippen molar-refractivity contribution in [2.45, 2.75) is 13.1 Å². The van der Waals surface area contributed by atoms with Gasteiger partial charge in [0.15, 0.2) is 11.5 Å². The van der Waals surface area contributed by atoms with Crippen LogP contribution in [0.15, 0.2) is 42.7 Å². The molecule has 238 valence electrons. The van der Waals surface area contributed by atoms with E-state index < -0.39 is 17.8 Å². The van der Waals surface area contributed by atoms with Crippen molar-refractivity contribution in [3.8, 4) is 34.3 Å². The number of nitrogens with zero attached hydrogens (tertiary/aromatic N) is 6. The normalized spacial score (nSPS) is 13.8. The van der Waals surface area contributed by atoms with Gasteiger partial charge in [-0.2, -0.15) is 23.3 Å². The Morgan fingerprint density at radius 3 is 2.38 bits per heavy atom. The van der Waals surface area contributed by atoms with E-state index in [2.05, 4.69) is 30.3 Å². The van der Waals surface area contributed by atoms with Crippen LogP contribution in [0.3, 0.4) is 0 Å². The van der Waals surface area contributed by atoms with Crippen molar-refractivity contribution in [1.29, 1.82) is 0 Å². The first-order valence-electron chi connectivity index (χ1n) is 13.7. The molecular formula is C29H30F3N7O6. The third-order valence-corrected chi connectivity index (χ3v) is 6.90. The van der Waals surface area contributed by atoms with Crippen LogP contribution in [-0.2, 0) is 10.9 Å². The Labute approximate surface area is 255 Å². The van der Waals surface area contributed by atoms with Crippen LogP contribution in [0.25, 0.3) is 16.9 Å². The first kappa shape index (κ1) is 31.5. The van der Waals surface area contributed by atoms with Crippen LogP contribution in [0.2, 0.25) is 0 Å². The van der Waals surface area contributed by atoms with Crippen molar-refractivity contribution in [1.82, 2.24) is 29.6 Å². The van der Waals surface area contributed by atoms with Gasteiger partial charge in [0, 0.05) is 72.7 Å². The number of hydrogen-bond donors (Lipinski definition) is 2. The van der Waals surface area contributed by atoms with E-state index in [-0.39, 0.29) is 46.6 Å². The fourth-order valence-electron chi connectivity index (χ4n) is 4.60. The predicted octanol–water partition coefficient (Wildman–Crippen LogP) is 4.22. The van der Waals surface area contributed by atoms with Gasteiger partial charge in [-0.3, -0.25) is 4.90 Å². The molecule has 0 bridgehead atoms. The first-order valence-corrected chi connectivity index (χ1v) is 13.7. The average molecular weight is 630 g/mol. The molecule has 0 spiro atoms. The maximum absolute atomic E-state index is 13.6. The van der Waals surface area contributed by atoms with E-state index in [0.717, 1.165) is 23.8 Å². The van der Waals surface area contributed by atoms with Gasteiger partial charge in [-0.05, 0) is 19.1 Å². The van der Waals surface area contributed by atoms with Gasteiger partial charge in [-0.25, -0.2) is 19.4 Å². The summed E-state index contributed by atoms with van der Waals surface area (Å²) in [7, 11) is 2.97. The molecule has 4 heterocycles. The number of anilines is 2. The van der Waals surface area contributed by atoms with E-state index in [1.54, 1.807) is 18.2 Å². The molecule has 16 heteroatoms. The Kier molecular flexibility index (Phi) is 9.34. The summed E-state index contributed by atoms with van der Waals surface area (Å²) < 4.78 is 63.4. The van der Waals surface area contributed by atoms with E-state index in [9.17, 15) is 23.1 Å². The Balaban J connectivity index is 1.53. The van der Waals surface area contributed by atoms with Crippen LogP contribution in [0, 0.1) is 6.92 Å². The molecule has 13 nitrogen and oxygen atoms in total. The second kappa shape index (κ2) is 13.4. The van der Waals surface area contributed by atoms with Gasteiger partial charge < -0.3 is 29.4 Å². The molecule has 3 aromatic heterocycles. The first-order chi connectivity index (χ1) is 21.5. The number of halogens is 3. The Bertz CT molecular complexity index is 1650. The van der Waals surface area contributed by atoms with Crippen molar-refractivity contribution < 1.29 is 42.0 Å². The second-order valence-corrected chi connectivity index (χ2v) is 9.92. The van der Waals surface area contributed by atoms with Crippen LogP contribution in [0.4, 0.5) is 24.8 Å². The molecule has 0 aliphatic carbocycles. The minimum atomic E-state index is -4.71. The summed E-state index contributed by atoms with van der Waals surface area (Å²) in [5.74, 6) is -0.469. The van der Waals surface area contributed by atoms with Crippen LogP contribution in [0.5, 0.6) is 17.4 Å². The number of benzene rings is 1. The van der Waals surface area contributed by atoms with Crippen molar-refractivity contribution >= 4 is 17.6 Å². The third-order valence-electron chi connectivity index (χ3n) is 6.90. The van der Waals surface area contributed by atoms with Crippen molar-refractivity contribution in [2.24, 2.45) is 0 Å². The monoisotopic (exact) mass is 629 g/mol. The largest absolute Gasteiger partial charge is 0.497 e. The number of hydrogen-bond acceptors (Lipinski definition) is 11. The molecule has 1 aliphatic rings. The fourth-order valence-corrected chi connectivity index (χ4v) is 4.60. The molecule has 0 atom stereocenters. The minimum Gasteiger partial charge on any atom is -0.497 e. The minimum absolute atomic E-state index is 0.0157. The molecule has 1 aliphatic heterocycles. The zero-order valence-electron chi connectivity index (χ0n) is 24.6. The number of aromatic nitrogens is 5. The lowest BCUT2D eigenvalue weighted by atomic mass is 10.1. The summed E-state index contributed by atoms with van der Waals surface area (Å²) in [5, 5.41) is 16.7. The summed E-state index contributed by atoms with van der Waals surface area (Å²) in [4.78, 5) is 27.4. The lowest BCUT2D eigenvalue weighted by molar-refractivity contribution is -0.141. The molecule has 0 saturated carbocycles. The number of morpholine rings is 1. The van der Waals surface area contributed by atoms with Crippen molar-refractivity contribution in [2.75, 3.05) is 59.0 Å². The average Bonchev–Trinajstić information content (AvgIpc) is 3.43. The van der Waals surface area contributed by atoms with Gasteiger partial charge in [0.25, 0.3) is 0 Å². The maximum Gasteiger partial charge on any atom is 0.435 e. The summed E-state index contributed by atoms with van der Waals surface area (Å²) >= 11 is 0. The molecule has 2 N–H and O–H groups in total. The highest BCUT2D eigenvalue weighted by atomic mass is 19.4. The molecular weight excluding hydrogens is 599 g/mol. The highest BCUT2D eigenvalue weighted by molar-refractivity contribution is 5.92. The van der Waals surface area contributed by atoms with E-state index >= 15 is 0 Å². The van der Waals surface area contributed by atoms with Gasteiger partial charge >= 0.3 is 12.1 Å². The quantitative estimate of drug-likeness (QED) is 0.245. The predicted molar refractivity (Wildman–Crippen MR) is 155 cm³/mol. The molecule has 1 fully saturated rings. The number of carbonyl (C=O) groups is 1. The molecule has 4 aromatic rings. The highest BCUT2D eigenvalue weighted by Gasteiger charge is 2.35. The van der Waals surface area contributed by atoms with Gasteiger partial charge in [0.2, 0.25) is 11.8 Å². The van der Waals surface area contributed by atoms with Gasteiger partial charge in [-0.1, -0.05) is 0 Å². The van der Waals surface area contributed by atoms with E-state index in [1.807, 2.05) is 0 Å². The number of ether oxygens (including phenoxy) is 4. The van der Waals surface area contributed by atoms with Crippen molar-refractivity contribution in [3.63, 3.8) is 0 Å². The second-order valence-electron chi connectivity index (χ2n) is 9.92. The van der Waals surface area contributed by atoms with Gasteiger partial charge in [-0.15, -0.1) is 0 Å². The standard InChI is InChI=1S/C29H30F3N7O6/c1-17-10-24(29(30,31)32)37-39(17)25-23(16-34-28(36-25)35-19-12-20(42-2)14-21(13-19)43-3)18-11-22(27(40)41)26(33-15-18)45-9-6-38-4-7-44-8-5-38/h10-16H,4-9H2,1-3H3,(H,40,41)(H,34,35,36). The topological polar surface area (TPSA) is 146 Å². The van der Waals surface area contributed by atoms with Crippen LogP contribution in [-0.4, -0.2) is 94.4 Å². The van der Waals surface area contributed by atoms with Crippen LogP contribution in [0.1, 0.15) is 21.7 Å².